The molecule has 2 atom stereocenters. The van der Waals surface area contributed by atoms with Crippen molar-refractivity contribution in [2.45, 2.75) is 28.4 Å². The largest absolute Gasteiger partial charge is 0.369 e. The van der Waals surface area contributed by atoms with Crippen LogP contribution >= 0.6 is 0 Å². The zero-order valence-corrected chi connectivity index (χ0v) is 16.8. The first-order valence-corrected chi connectivity index (χ1v) is 12.2. The number of nitrogens with zero attached hydrogens (tertiary/aromatic N) is 1. The van der Waals surface area contributed by atoms with E-state index in [0.717, 1.165) is 11.3 Å². The highest BCUT2D eigenvalue weighted by Gasteiger charge is 2.40. The van der Waals surface area contributed by atoms with Crippen LogP contribution in [0.25, 0.3) is 0 Å². The molecule has 0 radical (unpaired) electrons. The molecule has 0 saturated carbocycles. The molecule has 3 rings (SSSR count). The van der Waals surface area contributed by atoms with Crippen molar-refractivity contribution in [1.82, 2.24) is 0 Å². The van der Waals surface area contributed by atoms with Gasteiger partial charge in [-0.2, -0.15) is 0 Å². The first-order valence-electron chi connectivity index (χ1n) is 8.73. The van der Waals surface area contributed by atoms with E-state index in [9.17, 15) is 16.8 Å². The van der Waals surface area contributed by atoms with Crippen molar-refractivity contribution in [2.75, 3.05) is 24.2 Å². The third kappa shape index (κ3) is 4.34. The van der Waals surface area contributed by atoms with E-state index in [1.165, 1.54) is 6.26 Å². The molecule has 2 aromatic carbocycles. The van der Waals surface area contributed by atoms with Crippen LogP contribution < -0.4 is 10.6 Å². The van der Waals surface area contributed by atoms with Crippen molar-refractivity contribution in [3.05, 3.63) is 60.2 Å². The smallest absolute Gasteiger partial charge is 0.183 e. The molecule has 1 heterocycles. The van der Waals surface area contributed by atoms with Gasteiger partial charge in [0.25, 0.3) is 0 Å². The summed E-state index contributed by atoms with van der Waals surface area (Å²) in [6, 6.07) is 15.8. The molecule has 27 heavy (non-hydrogen) atoms. The Morgan fingerprint density at radius 3 is 2.07 bits per heavy atom. The van der Waals surface area contributed by atoms with Gasteiger partial charge in [0.2, 0.25) is 0 Å². The topological polar surface area (TPSA) is 97.5 Å². The van der Waals surface area contributed by atoms with Gasteiger partial charge >= 0.3 is 0 Å². The standard InChI is InChI=1S/C19H24N2O4S2/c1-26(22,23)18-11-19(14-21(13-18)16-5-3-2-4-6-16)27(24,25)17-9-7-15(12-20)8-10-17/h2-10,18-19H,11-14,20H2,1H3/t18-,19+/m0/s1. The Bertz CT molecular complexity index is 988. The van der Waals surface area contributed by atoms with Gasteiger partial charge < -0.3 is 10.6 Å². The minimum absolute atomic E-state index is 0.100. The second kappa shape index (κ2) is 7.61. The summed E-state index contributed by atoms with van der Waals surface area (Å²) in [7, 11) is -7.04. The predicted molar refractivity (Wildman–Crippen MR) is 107 cm³/mol. The minimum Gasteiger partial charge on any atom is -0.369 e. The lowest BCUT2D eigenvalue weighted by Crippen LogP contribution is -2.51. The van der Waals surface area contributed by atoms with Gasteiger partial charge in [-0.3, -0.25) is 0 Å². The van der Waals surface area contributed by atoms with Crippen molar-refractivity contribution >= 4 is 25.4 Å². The van der Waals surface area contributed by atoms with Gasteiger partial charge in [-0.15, -0.1) is 0 Å². The lowest BCUT2D eigenvalue weighted by Gasteiger charge is -2.38. The Morgan fingerprint density at radius 1 is 0.926 bits per heavy atom. The summed E-state index contributed by atoms with van der Waals surface area (Å²) in [4.78, 5) is 2.05. The summed E-state index contributed by atoms with van der Waals surface area (Å²) in [5, 5.41) is -1.52. The zero-order chi connectivity index (χ0) is 19.7. The van der Waals surface area contributed by atoms with Crippen LogP contribution in [0.3, 0.4) is 0 Å². The summed E-state index contributed by atoms with van der Waals surface area (Å²) >= 11 is 0. The van der Waals surface area contributed by atoms with Gasteiger partial charge in [-0.25, -0.2) is 16.8 Å². The third-order valence-corrected chi connectivity index (χ3v) is 8.73. The molecule has 2 aromatic rings. The molecular formula is C19H24N2O4S2. The number of hydrogen-bond acceptors (Lipinski definition) is 6. The summed E-state index contributed by atoms with van der Waals surface area (Å²) in [5.41, 5.74) is 7.25. The predicted octanol–water partition coefficient (Wildman–Crippen LogP) is 1.61. The first-order chi connectivity index (χ1) is 12.7. The van der Waals surface area contributed by atoms with Crippen molar-refractivity contribution in [2.24, 2.45) is 5.73 Å². The van der Waals surface area contributed by atoms with Gasteiger partial charge in [0, 0.05) is 31.6 Å². The molecule has 0 bridgehead atoms. The van der Waals surface area contributed by atoms with E-state index in [1.54, 1.807) is 24.3 Å². The Balaban J connectivity index is 1.96. The van der Waals surface area contributed by atoms with Crippen LogP contribution in [-0.4, -0.2) is 46.7 Å². The van der Waals surface area contributed by atoms with Crippen LogP contribution in [0.1, 0.15) is 12.0 Å². The maximum absolute atomic E-state index is 13.2. The molecule has 0 aliphatic carbocycles. The van der Waals surface area contributed by atoms with Crippen LogP contribution in [0.4, 0.5) is 5.69 Å². The van der Waals surface area contributed by atoms with Gasteiger partial charge in [0.1, 0.15) is 0 Å². The Kier molecular flexibility index (Phi) is 5.60. The lowest BCUT2D eigenvalue weighted by atomic mass is 10.1. The Morgan fingerprint density at radius 2 is 1.52 bits per heavy atom. The number of sulfone groups is 2. The molecule has 0 amide bonds. The van der Waals surface area contributed by atoms with E-state index < -0.39 is 30.2 Å². The third-order valence-electron chi connectivity index (χ3n) is 5.03. The van der Waals surface area contributed by atoms with Crippen LogP contribution in [0.2, 0.25) is 0 Å². The van der Waals surface area contributed by atoms with E-state index in [1.807, 2.05) is 35.2 Å². The minimum atomic E-state index is -3.67. The summed E-state index contributed by atoms with van der Waals surface area (Å²) in [5.74, 6) is 0. The van der Waals surface area contributed by atoms with E-state index in [-0.39, 0.29) is 17.9 Å². The SMILES string of the molecule is CS(=O)(=O)[C@H]1C[C@@H](S(=O)(=O)c2ccc(CN)cc2)CN(c2ccccc2)C1. The molecule has 0 spiro atoms. The molecule has 0 unspecified atom stereocenters. The summed E-state index contributed by atoms with van der Waals surface area (Å²) < 4.78 is 50.8. The van der Waals surface area contributed by atoms with Gasteiger partial charge in [-0.1, -0.05) is 30.3 Å². The van der Waals surface area contributed by atoms with Crippen molar-refractivity contribution < 1.29 is 16.8 Å². The molecule has 146 valence electrons. The average molecular weight is 409 g/mol. The maximum atomic E-state index is 13.2. The Hall–Kier alpha value is -1.90. The fourth-order valence-electron chi connectivity index (χ4n) is 3.40. The monoisotopic (exact) mass is 408 g/mol. The Labute approximate surface area is 160 Å². The molecule has 1 fully saturated rings. The molecule has 1 aliphatic heterocycles. The quantitative estimate of drug-likeness (QED) is 0.807. The highest BCUT2D eigenvalue weighted by atomic mass is 32.2. The van der Waals surface area contributed by atoms with Crippen LogP contribution in [0.15, 0.2) is 59.5 Å². The molecule has 1 aliphatic rings. The number of anilines is 1. The van der Waals surface area contributed by atoms with E-state index >= 15 is 0 Å². The van der Waals surface area contributed by atoms with E-state index in [0.29, 0.717) is 13.1 Å². The van der Waals surface area contributed by atoms with Gasteiger partial charge in [0.05, 0.1) is 15.4 Å². The van der Waals surface area contributed by atoms with Crippen LogP contribution in [0, 0.1) is 0 Å². The van der Waals surface area contributed by atoms with Crippen LogP contribution in [-0.2, 0) is 26.2 Å². The van der Waals surface area contributed by atoms with Crippen molar-refractivity contribution in [1.29, 1.82) is 0 Å². The number of hydrogen-bond donors (Lipinski definition) is 1. The van der Waals surface area contributed by atoms with Gasteiger partial charge in [-0.05, 0) is 36.2 Å². The number of para-hydroxylation sites is 1. The highest BCUT2D eigenvalue weighted by molar-refractivity contribution is 7.92. The van der Waals surface area contributed by atoms with Crippen molar-refractivity contribution in [3.63, 3.8) is 0 Å². The second-order valence-electron chi connectivity index (χ2n) is 6.94. The van der Waals surface area contributed by atoms with Crippen molar-refractivity contribution in [3.8, 4) is 0 Å². The zero-order valence-electron chi connectivity index (χ0n) is 15.2. The van der Waals surface area contributed by atoms with Gasteiger partial charge in [0.15, 0.2) is 19.7 Å². The second-order valence-corrected chi connectivity index (χ2v) is 11.5. The molecule has 6 nitrogen and oxygen atoms in total. The van der Waals surface area contributed by atoms with E-state index in [4.69, 9.17) is 5.73 Å². The highest BCUT2D eigenvalue weighted by Crippen LogP contribution is 2.29. The first kappa shape index (κ1) is 19.9. The lowest BCUT2D eigenvalue weighted by molar-refractivity contribution is 0.516. The fourth-order valence-corrected chi connectivity index (χ4v) is 6.32. The number of benzene rings is 2. The molecule has 8 heteroatoms. The molecule has 2 N–H and O–H groups in total. The molecular weight excluding hydrogens is 384 g/mol. The normalized spacial score (nSPS) is 21.2. The summed E-state index contributed by atoms with van der Waals surface area (Å²) in [6.45, 7) is 0.889. The maximum Gasteiger partial charge on any atom is 0.183 e. The van der Waals surface area contributed by atoms with E-state index in [2.05, 4.69) is 0 Å². The number of rotatable bonds is 5. The number of nitrogens with two attached hydrogens (primary N) is 1. The molecule has 1 saturated heterocycles. The number of piperidine rings is 1. The molecule has 0 aromatic heterocycles. The summed E-state index contributed by atoms with van der Waals surface area (Å²) in [6.07, 6.45) is 1.27. The average Bonchev–Trinajstić information content (AvgIpc) is 2.67. The fraction of sp³-hybridized carbons (Fsp3) is 0.368. The van der Waals surface area contributed by atoms with Crippen LogP contribution in [0.5, 0.6) is 0 Å².